The molecule has 0 unspecified atom stereocenters. The van der Waals surface area contributed by atoms with Gasteiger partial charge in [0.1, 0.15) is 5.82 Å². The molecule has 1 aromatic heterocycles. The van der Waals surface area contributed by atoms with Crippen LogP contribution in [0.25, 0.3) is 5.70 Å². The fourth-order valence-electron chi connectivity index (χ4n) is 1.15. The Labute approximate surface area is 93.1 Å². The number of aromatic nitrogens is 1. The average Bonchev–Trinajstić information content (AvgIpc) is 2.16. The van der Waals surface area contributed by atoms with Gasteiger partial charge in [0.05, 0.1) is 17.2 Å². The molecule has 0 saturated heterocycles. The molecule has 0 atom stereocenters. The molecule has 0 aromatic carbocycles. The van der Waals surface area contributed by atoms with Gasteiger partial charge in [-0.1, -0.05) is 6.58 Å². The van der Waals surface area contributed by atoms with Gasteiger partial charge < -0.3 is 0 Å². The van der Waals surface area contributed by atoms with E-state index in [1.807, 2.05) is 0 Å². The Morgan fingerprint density at radius 1 is 1.50 bits per heavy atom. The molecule has 0 aliphatic rings. The van der Waals surface area contributed by atoms with Gasteiger partial charge >= 0.3 is 0 Å². The summed E-state index contributed by atoms with van der Waals surface area (Å²) in [5.74, 6) is -0.752. The third-order valence-corrected chi connectivity index (χ3v) is 1.74. The van der Waals surface area contributed by atoms with Crippen LogP contribution in [0.1, 0.15) is 19.5 Å². The van der Waals surface area contributed by atoms with Crippen LogP contribution in [0.3, 0.4) is 0 Å². The van der Waals surface area contributed by atoms with Crippen LogP contribution in [-0.4, -0.2) is 10.7 Å². The van der Waals surface area contributed by atoms with Crippen LogP contribution in [0.5, 0.6) is 0 Å². The summed E-state index contributed by atoms with van der Waals surface area (Å²) in [6.07, 6.45) is 2.60. The highest BCUT2D eigenvalue weighted by atomic mass is 19.1. The van der Waals surface area contributed by atoms with E-state index in [9.17, 15) is 8.78 Å². The molecule has 0 spiro atoms. The second-order valence-electron chi connectivity index (χ2n) is 3.29. The topological polar surface area (TPSA) is 25.2 Å². The van der Waals surface area contributed by atoms with Crippen molar-refractivity contribution in [2.75, 3.05) is 0 Å². The monoisotopic (exact) mass is 222 g/mol. The molecule has 84 valence electrons. The van der Waals surface area contributed by atoms with Gasteiger partial charge in [0.25, 0.3) is 0 Å². The molecule has 0 aliphatic heterocycles. The third kappa shape index (κ3) is 3.73. The van der Waals surface area contributed by atoms with Crippen LogP contribution < -0.4 is 0 Å². The van der Waals surface area contributed by atoms with E-state index >= 15 is 0 Å². The van der Waals surface area contributed by atoms with E-state index in [4.69, 9.17) is 0 Å². The number of aliphatic imine (C=N–C) groups is 1. The molecule has 1 heterocycles. The highest BCUT2D eigenvalue weighted by Gasteiger charge is 2.00. The Balaban J connectivity index is 2.92. The van der Waals surface area contributed by atoms with Crippen molar-refractivity contribution in [1.29, 1.82) is 0 Å². The van der Waals surface area contributed by atoms with E-state index in [-0.39, 0.29) is 5.83 Å². The van der Waals surface area contributed by atoms with Gasteiger partial charge in [0.15, 0.2) is 0 Å². The van der Waals surface area contributed by atoms with Crippen LogP contribution in [0.15, 0.2) is 41.8 Å². The molecule has 0 aliphatic carbocycles. The summed E-state index contributed by atoms with van der Waals surface area (Å²) in [4.78, 5) is 7.92. The van der Waals surface area contributed by atoms with E-state index in [0.29, 0.717) is 17.1 Å². The van der Waals surface area contributed by atoms with E-state index in [0.717, 1.165) is 0 Å². The molecule has 16 heavy (non-hydrogen) atoms. The molecule has 0 N–H and O–H groups in total. The average molecular weight is 222 g/mol. The predicted molar refractivity (Wildman–Crippen MR) is 61.2 cm³/mol. The van der Waals surface area contributed by atoms with Crippen molar-refractivity contribution in [3.05, 3.63) is 48.3 Å². The Morgan fingerprint density at radius 3 is 2.75 bits per heavy atom. The van der Waals surface area contributed by atoms with E-state index in [1.165, 1.54) is 31.3 Å². The summed E-state index contributed by atoms with van der Waals surface area (Å²) < 4.78 is 25.4. The Bertz CT molecular complexity index is 458. The fraction of sp³-hybridized carbons (Fsp3) is 0.167. The Morgan fingerprint density at radius 2 is 2.19 bits per heavy atom. The molecule has 1 rings (SSSR count). The maximum atomic E-state index is 12.9. The van der Waals surface area contributed by atoms with Gasteiger partial charge in [0, 0.05) is 18.0 Å². The van der Waals surface area contributed by atoms with E-state index < -0.39 is 5.82 Å². The van der Waals surface area contributed by atoms with Gasteiger partial charge in [-0.25, -0.2) is 8.78 Å². The zero-order valence-electron chi connectivity index (χ0n) is 9.17. The lowest BCUT2D eigenvalue weighted by Gasteiger charge is -2.00. The summed E-state index contributed by atoms with van der Waals surface area (Å²) in [7, 11) is 0. The summed E-state index contributed by atoms with van der Waals surface area (Å²) in [6, 6.07) is 2.46. The minimum atomic E-state index is -0.406. The van der Waals surface area contributed by atoms with Crippen molar-refractivity contribution in [2.45, 2.75) is 13.8 Å². The second kappa shape index (κ2) is 5.30. The summed E-state index contributed by atoms with van der Waals surface area (Å²) in [6.45, 7) is 6.60. The SMILES string of the molecule is C=C(N=C(C)/C=C(\C)F)c1cc(F)ccn1. The molecule has 0 fully saturated rings. The predicted octanol–water partition coefficient (Wildman–Crippen LogP) is 3.53. The Hall–Kier alpha value is -1.84. The maximum Gasteiger partial charge on any atom is 0.126 e. The quantitative estimate of drug-likeness (QED) is 0.718. The molecular weight excluding hydrogens is 210 g/mol. The van der Waals surface area contributed by atoms with Gasteiger partial charge in [-0.2, -0.15) is 0 Å². The Kier molecular flexibility index (Phi) is 4.05. The number of hydrogen-bond acceptors (Lipinski definition) is 2. The normalized spacial score (nSPS) is 12.8. The number of hydrogen-bond donors (Lipinski definition) is 0. The largest absolute Gasteiger partial charge is 0.254 e. The minimum Gasteiger partial charge on any atom is -0.254 e. The van der Waals surface area contributed by atoms with Crippen LogP contribution in [0.4, 0.5) is 8.78 Å². The molecular formula is C12H12F2N2. The van der Waals surface area contributed by atoms with Crippen molar-refractivity contribution < 1.29 is 8.78 Å². The smallest absolute Gasteiger partial charge is 0.126 e. The van der Waals surface area contributed by atoms with Gasteiger partial charge in [-0.15, -0.1) is 0 Å². The second-order valence-corrected chi connectivity index (χ2v) is 3.29. The molecule has 0 amide bonds. The number of rotatable bonds is 3. The van der Waals surface area contributed by atoms with Crippen LogP contribution >= 0.6 is 0 Å². The highest BCUT2D eigenvalue weighted by Crippen LogP contribution is 2.12. The highest BCUT2D eigenvalue weighted by molar-refractivity contribution is 5.96. The summed E-state index contributed by atoms with van der Waals surface area (Å²) in [5.41, 5.74) is 1.09. The van der Waals surface area contributed by atoms with Crippen molar-refractivity contribution in [1.82, 2.24) is 4.98 Å². The minimum absolute atomic E-state index is 0.300. The zero-order chi connectivity index (χ0) is 12.1. The van der Waals surface area contributed by atoms with Crippen molar-refractivity contribution >= 4 is 11.4 Å². The summed E-state index contributed by atoms with van der Waals surface area (Å²) >= 11 is 0. The zero-order valence-corrected chi connectivity index (χ0v) is 9.17. The first-order valence-electron chi connectivity index (χ1n) is 4.69. The standard InChI is InChI=1S/C12H12F2N2/c1-8(13)6-9(2)16-10(3)12-7-11(14)4-5-15-12/h4-7H,3H2,1-2H3/b8-6+,16-9?. The van der Waals surface area contributed by atoms with Crippen LogP contribution in [-0.2, 0) is 0 Å². The molecule has 2 nitrogen and oxygen atoms in total. The lowest BCUT2D eigenvalue weighted by atomic mass is 10.3. The van der Waals surface area contributed by atoms with E-state index in [1.54, 1.807) is 6.92 Å². The van der Waals surface area contributed by atoms with Crippen LogP contribution in [0, 0.1) is 5.82 Å². The maximum absolute atomic E-state index is 12.9. The lowest BCUT2D eigenvalue weighted by molar-refractivity contribution is 0.624. The molecule has 1 aromatic rings. The van der Waals surface area contributed by atoms with Gasteiger partial charge in [-0.05, 0) is 26.0 Å². The number of nitrogens with zero attached hydrogens (tertiary/aromatic N) is 2. The number of halogens is 2. The molecule has 0 bridgehead atoms. The van der Waals surface area contributed by atoms with E-state index in [2.05, 4.69) is 16.6 Å². The molecule has 0 radical (unpaired) electrons. The van der Waals surface area contributed by atoms with Crippen molar-refractivity contribution in [3.63, 3.8) is 0 Å². The van der Waals surface area contributed by atoms with Crippen molar-refractivity contribution in [3.8, 4) is 0 Å². The first kappa shape index (κ1) is 12.2. The summed E-state index contributed by atoms with van der Waals surface area (Å²) in [5, 5.41) is 0. The molecule has 0 saturated carbocycles. The lowest BCUT2D eigenvalue weighted by Crippen LogP contribution is -1.91. The number of allylic oxidation sites excluding steroid dienone is 2. The first-order valence-corrected chi connectivity index (χ1v) is 4.69. The number of pyridine rings is 1. The van der Waals surface area contributed by atoms with Crippen molar-refractivity contribution in [2.24, 2.45) is 4.99 Å². The van der Waals surface area contributed by atoms with Gasteiger partial charge in [0.2, 0.25) is 0 Å². The first-order chi connectivity index (χ1) is 7.49. The third-order valence-electron chi connectivity index (χ3n) is 1.74. The van der Waals surface area contributed by atoms with Crippen LogP contribution in [0.2, 0.25) is 0 Å². The molecule has 4 heteroatoms. The fourth-order valence-corrected chi connectivity index (χ4v) is 1.15. The van der Waals surface area contributed by atoms with Gasteiger partial charge in [-0.3, -0.25) is 9.98 Å².